The number of aromatic nitrogens is 2. The molecule has 41 heavy (non-hydrogen) atoms. The number of nitrogens with zero attached hydrogens (tertiary/aromatic N) is 4. The zero-order valence-corrected chi connectivity index (χ0v) is 24.5. The summed E-state index contributed by atoms with van der Waals surface area (Å²) in [4.78, 5) is 31.1. The number of piperidine rings is 1. The average Bonchev–Trinajstić information content (AvgIpc) is 3.31. The van der Waals surface area contributed by atoms with E-state index in [0.29, 0.717) is 51.1 Å². The number of amides is 2. The lowest BCUT2D eigenvalue weighted by atomic mass is 9.88. The van der Waals surface area contributed by atoms with Crippen LogP contribution in [0.4, 0.5) is 4.79 Å². The monoisotopic (exact) mass is 583 g/mol. The Morgan fingerprint density at radius 3 is 2.44 bits per heavy atom. The summed E-state index contributed by atoms with van der Waals surface area (Å²) in [5.74, 6) is -0.229. The van der Waals surface area contributed by atoms with Gasteiger partial charge < -0.3 is 24.1 Å². The number of imidazole rings is 1. The van der Waals surface area contributed by atoms with Crippen LogP contribution in [-0.4, -0.2) is 83.0 Å². The van der Waals surface area contributed by atoms with E-state index in [9.17, 15) is 18.0 Å². The summed E-state index contributed by atoms with van der Waals surface area (Å²) in [5.41, 5.74) is 1.05. The van der Waals surface area contributed by atoms with Gasteiger partial charge in [-0.1, -0.05) is 12.1 Å². The number of hydrogen-bond donors (Lipinski definition) is 1. The lowest BCUT2D eigenvalue weighted by Gasteiger charge is -2.41. The van der Waals surface area contributed by atoms with E-state index in [1.165, 1.54) is 4.31 Å². The zero-order valence-electron chi connectivity index (χ0n) is 23.7. The second-order valence-electron chi connectivity index (χ2n) is 11.6. The van der Waals surface area contributed by atoms with Crippen LogP contribution in [0.25, 0.3) is 5.65 Å². The van der Waals surface area contributed by atoms with Crippen molar-refractivity contribution in [1.29, 1.82) is 0 Å². The maximum Gasteiger partial charge on any atom is 0.410 e. The first-order valence-electron chi connectivity index (χ1n) is 13.9. The molecule has 1 spiro atoms. The molecule has 12 heteroatoms. The van der Waals surface area contributed by atoms with Crippen LogP contribution >= 0.6 is 0 Å². The Morgan fingerprint density at radius 1 is 1.02 bits per heavy atom. The normalized spacial score (nSPS) is 18.3. The number of carbonyl (C=O) groups excluding carboxylic acids is 2. The molecule has 2 aliphatic rings. The molecule has 2 amide bonds. The summed E-state index contributed by atoms with van der Waals surface area (Å²) in [7, 11) is -3.72. The van der Waals surface area contributed by atoms with E-state index in [1.54, 1.807) is 64.3 Å². The molecule has 2 saturated heterocycles. The molecule has 2 aromatic heterocycles. The van der Waals surface area contributed by atoms with Gasteiger partial charge in [0.2, 0.25) is 10.0 Å². The van der Waals surface area contributed by atoms with Crippen molar-refractivity contribution in [3.63, 3.8) is 0 Å². The van der Waals surface area contributed by atoms with Crippen LogP contribution in [-0.2, 0) is 26.0 Å². The second-order valence-corrected chi connectivity index (χ2v) is 13.5. The van der Waals surface area contributed by atoms with Gasteiger partial charge in [0.15, 0.2) is 0 Å². The molecule has 11 nitrogen and oxygen atoms in total. The number of pyridine rings is 1. The molecule has 4 heterocycles. The first kappa shape index (κ1) is 29.0. The third kappa shape index (κ3) is 6.71. The van der Waals surface area contributed by atoms with E-state index in [0.717, 1.165) is 11.2 Å². The van der Waals surface area contributed by atoms with Crippen molar-refractivity contribution in [2.24, 2.45) is 0 Å². The van der Waals surface area contributed by atoms with Crippen molar-refractivity contribution in [3.8, 4) is 0 Å². The number of ether oxygens (including phenoxy) is 2. The zero-order chi connectivity index (χ0) is 29.3. The van der Waals surface area contributed by atoms with Crippen molar-refractivity contribution in [2.45, 2.75) is 62.7 Å². The van der Waals surface area contributed by atoms with Crippen LogP contribution in [0.3, 0.4) is 0 Å². The number of carbonyl (C=O) groups is 2. The topological polar surface area (TPSA) is 123 Å². The molecule has 1 aromatic carbocycles. The van der Waals surface area contributed by atoms with Crippen molar-refractivity contribution in [1.82, 2.24) is 23.9 Å². The Hall–Kier alpha value is -3.48. The molecule has 0 radical (unpaired) electrons. The number of fused-ring (bicyclic) bond motifs is 1. The number of likely N-dealkylation sites (tertiary alicyclic amines) is 1. The lowest BCUT2D eigenvalue weighted by molar-refractivity contribution is -0.0787. The molecule has 2 fully saturated rings. The summed E-state index contributed by atoms with van der Waals surface area (Å²) < 4.78 is 41.9. The standard InChI is InChI=1S/C29H37N5O6S/c1-28(2,3)40-27(36)32-14-10-29(11-15-32)12-16-34(18-19-39-29)41(37,38)24-7-4-22(5-8-24)20-31-26(35)23-6-9-25-30-13-17-33(25)21-23/h4-9,13,17,21H,10-12,14-16,18-20H2,1-3H3,(H,31,35). The Kier molecular flexibility index (Phi) is 8.09. The number of benzene rings is 1. The number of sulfonamides is 1. The molecule has 2 aliphatic heterocycles. The highest BCUT2D eigenvalue weighted by atomic mass is 32.2. The minimum Gasteiger partial charge on any atom is -0.444 e. The minimum absolute atomic E-state index is 0.203. The minimum atomic E-state index is -3.72. The molecule has 0 aliphatic carbocycles. The van der Waals surface area contributed by atoms with Crippen molar-refractivity contribution in [3.05, 3.63) is 66.1 Å². The Bertz CT molecular complexity index is 1500. The molecule has 0 atom stereocenters. The molecular weight excluding hydrogens is 546 g/mol. The van der Waals surface area contributed by atoms with Crippen molar-refractivity contribution < 1.29 is 27.5 Å². The Labute approximate surface area is 240 Å². The smallest absolute Gasteiger partial charge is 0.410 e. The second kappa shape index (κ2) is 11.4. The van der Waals surface area contributed by atoms with E-state index in [2.05, 4.69) is 10.3 Å². The fraction of sp³-hybridized carbons (Fsp3) is 0.483. The molecule has 5 rings (SSSR count). The summed E-state index contributed by atoms with van der Waals surface area (Å²) in [5, 5.41) is 2.87. The highest BCUT2D eigenvalue weighted by Gasteiger charge is 2.41. The SMILES string of the molecule is CC(C)(C)OC(=O)N1CCC2(CC1)CCN(S(=O)(=O)c1ccc(CNC(=O)c3ccc4nccn4c3)cc1)CCO2. The average molecular weight is 584 g/mol. The van der Waals surface area contributed by atoms with E-state index in [-0.39, 0.29) is 30.0 Å². The fourth-order valence-electron chi connectivity index (χ4n) is 5.20. The predicted molar refractivity (Wildman–Crippen MR) is 152 cm³/mol. The van der Waals surface area contributed by atoms with Crippen LogP contribution in [0.5, 0.6) is 0 Å². The molecule has 1 N–H and O–H groups in total. The van der Waals surface area contributed by atoms with Crippen LogP contribution in [0.15, 0.2) is 59.9 Å². The Morgan fingerprint density at radius 2 is 1.73 bits per heavy atom. The quantitative estimate of drug-likeness (QED) is 0.488. The third-order valence-corrected chi connectivity index (χ3v) is 9.47. The maximum absolute atomic E-state index is 13.5. The number of nitrogens with one attached hydrogen (secondary N) is 1. The number of rotatable bonds is 5. The maximum atomic E-state index is 13.5. The summed E-state index contributed by atoms with van der Waals surface area (Å²) >= 11 is 0. The van der Waals surface area contributed by atoms with Crippen LogP contribution in [0.1, 0.15) is 56.0 Å². The van der Waals surface area contributed by atoms with E-state index < -0.39 is 21.2 Å². The van der Waals surface area contributed by atoms with Gasteiger partial charge in [-0.2, -0.15) is 4.31 Å². The molecule has 0 saturated carbocycles. The predicted octanol–water partition coefficient (Wildman–Crippen LogP) is 3.45. The van der Waals surface area contributed by atoms with Gasteiger partial charge in [0.1, 0.15) is 11.2 Å². The summed E-state index contributed by atoms with van der Waals surface area (Å²) in [6, 6.07) is 10.1. The van der Waals surface area contributed by atoms with Gasteiger partial charge in [0, 0.05) is 51.3 Å². The van der Waals surface area contributed by atoms with Gasteiger partial charge in [0.05, 0.1) is 22.7 Å². The van der Waals surface area contributed by atoms with Gasteiger partial charge in [-0.3, -0.25) is 4.79 Å². The number of hydrogen-bond acceptors (Lipinski definition) is 7. The Balaban J connectivity index is 1.15. The van der Waals surface area contributed by atoms with Gasteiger partial charge in [-0.15, -0.1) is 0 Å². The van der Waals surface area contributed by atoms with Gasteiger partial charge >= 0.3 is 6.09 Å². The van der Waals surface area contributed by atoms with E-state index in [1.807, 2.05) is 20.8 Å². The van der Waals surface area contributed by atoms with Gasteiger partial charge in [-0.05, 0) is 69.9 Å². The van der Waals surface area contributed by atoms with E-state index in [4.69, 9.17) is 9.47 Å². The summed E-state index contributed by atoms with van der Waals surface area (Å²) in [6.45, 7) is 7.72. The van der Waals surface area contributed by atoms with Gasteiger partial charge in [-0.25, -0.2) is 18.2 Å². The van der Waals surface area contributed by atoms with Crippen LogP contribution in [0.2, 0.25) is 0 Å². The molecule has 0 bridgehead atoms. The van der Waals surface area contributed by atoms with Gasteiger partial charge in [0.25, 0.3) is 5.91 Å². The molecule has 3 aromatic rings. The summed E-state index contributed by atoms with van der Waals surface area (Å²) in [6.07, 6.45) is 6.66. The lowest BCUT2D eigenvalue weighted by Crippen LogP contribution is -2.49. The molecular formula is C29H37N5O6S. The highest BCUT2D eigenvalue weighted by molar-refractivity contribution is 7.89. The molecule has 220 valence electrons. The van der Waals surface area contributed by atoms with Crippen molar-refractivity contribution >= 4 is 27.7 Å². The fourth-order valence-corrected chi connectivity index (χ4v) is 6.63. The third-order valence-electron chi connectivity index (χ3n) is 7.56. The molecule has 0 unspecified atom stereocenters. The van der Waals surface area contributed by atoms with Crippen LogP contribution < -0.4 is 5.32 Å². The largest absolute Gasteiger partial charge is 0.444 e. The van der Waals surface area contributed by atoms with E-state index >= 15 is 0 Å². The first-order chi connectivity index (χ1) is 19.4. The first-order valence-corrected chi connectivity index (χ1v) is 15.3. The highest BCUT2D eigenvalue weighted by Crippen LogP contribution is 2.33. The van der Waals surface area contributed by atoms with Crippen molar-refractivity contribution in [2.75, 3.05) is 32.8 Å². The van der Waals surface area contributed by atoms with Crippen LogP contribution in [0, 0.1) is 0 Å².